The van der Waals surface area contributed by atoms with Crippen LogP contribution in [-0.4, -0.2) is 15.6 Å². The smallest absolute Gasteiger partial charge is 1.00 e. The van der Waals surface area contributed by atoms with Crippen molar-refractivity contribution in [1.82, 2.24) is 4.57 Å². The molecule has 0 unspecified atom stereocenters. The quantitative estimate of drug-likeness (QED) is 0.699. The summed E-state index contributed by atoms with van der Waals surface area (Å²) in [5, 5.41) is 9.45. The number of carbonyl (C=O) groups is 1. The fourth-order valence-corrected chi connectivity index (χ4v) is 2.75. The SMILES string of the molecule is Cn1c(-c2ccc(F)cc2)cc(=O)c(C(=O)O)c1-c1ccc(F)cc1.[H-].[Na+]. The first-order valence-corrected chi connectivity index (χ1v) is 7.37. The summed E-state index contributed by atoms with van der Waals surface area (Å²) >= 11 is 0. The van der Waals surface area contributed by atoms with E-state index in [0.29, 0.717) is 16.8 Å². The molecule has 0 spiro atoms. The van der Waals surface area contributed by atoms with Crippen molar-refractivity contribution < 1.29 is 49.7 Å². The van der Waals surface area contributed by atoms with Crippen molar-refractivity contribution in [3.8, 4) is 22.5 Å². The van der Waals surface area contributed by atoms with Crippen LogP contribution >= 0.6 is 0 Å². The average Bonchev–Trinajstić information content (AvgIpc) is 2.58. The van der Waals surface area contributed by atoms with Crippen LogP contribution in [0.1, 0.15) is 11.8 Å². The summed E-state index contributed by atoms with van der Waals surface area (Å²) in [6, 6.07) is 11.9. The van der Waals surface area contributed by atoms with E-state index in [0.717, 1.165) is 0 Å². The maximum Gasteiger partial charge on any atom is 1.00 e. The molecule has 0 aliphatic heterocycles. The zero-order valence-corrected chi connectivity index (χ0v) is 16.2. The molecule has 1 aromatic heterocycles. The molecule has 0 radical (unpaired) electrons. The van der Waals surface area contributed by atoms with Gasteiger partial charge in [0.15, 0.2) is 5.43 Å². The Hall–Kier alpha value is -2.28. The zero-order valence-electron chi connectivity index (χ0n) is 15.2. The van der Waals surface area contributed by atoms with Crippen molar-refractivity contribution in [1.29, 1.82) is 0 Å². The van der Waals surface area contributed by atoms with Gasteiger partial charge in [0.1, 0.15) is 17.2 Å². The molecule has 4 nitrogen and oxygen atoms in total. The maximum atomic E-state index is 13.2. The Labute approximate surface area is 171 Å². The molecule has 0 saturated heterocycles. The Bertz CT molecular complexity index is 1020. The van der Waals surface area contributed by atoms with Crippen LogP contribution in [0.3, 0.4) is 0 Å². The number of nitrogens with zero attached hydrogens (tertiary/aromatic N) is 1. The number of pyridine rings is 1. The van der Waals surface area contributed by atoms with E-state index in [1.807, 2.05) is 0 Å². The van der Waals surface area contributed by atoms with E-state index in [-0.39, 0.29) is 36.7 Å². The van der Waals surface area contributed by atoms with Crippen LogP contribution in [0.2, 0.25) is 0 Å². The van der Waals surface area contributed by atoms with Crippen LogP contribution in [0.25, 0.3) is 22.5 Å². The number of halogens is 2. The second kappa shape index (κ2) is 7.95. The first kappa shape index (κ1) is 20.0. The Morgan fingerprint density at radius 3 is 1.88 bits per heavy atom. The van der Waals surface area contributed by atoms with E-state index in [1.54, 1.807) is 7.05 Å². The number of rotatable bonds is 3. The molecule has 7 heteroatoms. The molecule has 3 aromatic rings. The molecule has 0 aliphatic carbocycles. The summed E-state index contributed by atoms with van der Waals surface area (Å²) in [5.41, 5.74) is 0.446. The summed E-state index contributed by atoms with van der Waals surface area (Å²) in [5.74, 6) is -2.26. The van der Waals surface area contributed by atoms with Gasteiger partial charge in [-0.3, -0.25) is 4.79 Å². The summed E-state index contributed by atoms with van der Waals surface area (Å²) < 4.78 is 27.9. The number of benzene rings is 2. The number of carboxylic acid groups (broad SMARTS) is 1. The monoisotopic (exact) mass is 365 g/mol. The molecule has 1 N–H and O–H groups in total. The molecular weight excluding hydrogens is 351 g/mol. The predicted molar refractivity (Wildman–Crippen MR) is 90.5 cm³/mol. The third kappa shape index (κ3) is 3.77. The Balaban J connectivity index is 0.00000182. The van der Waals surface area contributed by atoms with Crippen LogP contribution in [0, 0.1) is 11.6 Å². The first-order chi connectivity index (χ1) is 11.9. The second-order valence-corrected chi connectivity index (χ2v) is 5.50. The van der Waals surface area contributed by atoms with E-state index in [4.69, 9.17) is 0 Å². The van der Waals surface area contributed by atoms with Crippen molar-refractivity contribution in [2.45, 2.75) is 0 Å². The number of hydrogen-bond donors (Lipinski definition) is 1. The molecule has 0 aliphatic rings. The molecule has 0 bridgehead atoms. The summed E-state index contributed by atoms with van der Waals surface area (Å²) in [7, 11) is 1.60. The molecule has 0 atom stereocenters. The van der Waals surface area contributed by atoms with E-state index in [9.17, 15) is 23.5 Å². The van der Waals surface area contributed by atoms with Gasteiger partial charge in [0.2, 0.25) is 0 Å². The van der Waals surface area contributed by atoms with Gasteiger partial charge < -0.3 is 11.1 Å². The number of hydrogen-bond acceptors (Lipinski definition) is 2. The molecule has 0 amide bonds. The van der Waals surface area contributed by atoms with Crippen LogP contribution < -0.4 is 35.0 Å². The number of aromatic carboxylic acids is 1. The normalized spacial score (nSPS) is 10.3. The van der Waals surface area contributed by atoms with Crippen LogP contribution in [0.4, 0.5) is 8.78 Å². The summed E-state index contributed by atoms with van der Waals surface area (Å²) in [6.07, 6.45) is 0. The third-order valence-corrected chi connectivity index (χ3v) is 3.92. The van der Waals surface area contributed by atoms with Gasteiger partial charge in [-0.25, -0.2) is 13.6 Å². The van der Waals surface area contributed by atoms with Crippen molar-refractivity contribution in [3.05, 3.63) is 82.0 Å². The van der Waals surface area contributed by atoms with Crippen molar-refractivity contribution >= 4 is 5.97 Å². The molecule has 26 heavy (non-hydrogen) atoms. The van der Waals surface area contributed by atoms with E-state index in [1.165, 1.54) is 59.2 Å². The van der Waals surface area contributed by atoms with Crippen LogP contribution in [0.5, 0.6) is 0 Å². The third-order valence-electron chi connectivity index (χ3n) is 3.92. The number of carboxylic acids is 1. The molecule has 3 rings (SSSR count). The van der Waals surface area contributed by atoms with Gasteiger partial charge in [0.25, 0.3) is 0 Å². The van der Waals surface area contributed by atoms with E-state index in [2.05, 4.69) is 0 Å². The molecular formula is C19H14F2NNaO3. The van der Waals surface area contributed by atoms with Gasteiger partial charge in [-0.15, -0.1) is 0 Å². The van der Waals surface area contributed by atoms with Gasteiger partial charge in [0, 0.05) is 13.1 Å². The largest absolute Gasteiger partial charge is 1.00 e. The zero-order chi connectivity index (χ0) is 18.1. The molecule has 0 fully saturated rings. The number of aromatic nitrogens is 1. The maximum absolute atomic E-state index is 13.2. The predicted octanol–water partition coefficient (Wildman–Crippen LogP) is 0.812. The molecule has 128 valence electrons. The average molecular weight is 365 g/mol. The minimum Gasteiger partial charge on any atom is -1.00 e. The van der Waals surface area contributed by atoms with Gasteiger partial charge >= 0.3 is 35.5 Å². The minimum absolute atomic E-state index is 0. The van der Waals surface area contributed by atoms with Crippen molar-refractivity contribution in [2.75, 3.05) is 0 Å². The summed E-state index contributed by atoms with van der Waals surface area (Å²) in [6.45, 7) is 0. The van der Waals surface area contributed by atoms with E-state index >= 15 is 0 Å². The van der Waals surface area contributed by atoms with Gasteiger partial charge in [0.05, 0.1) is 11.4 Å². The Morgan fingerprint density at radius 2 is 1.42 bits per heavy atom. The van der Waals surface area contributed by atoms with Gasteiger partial charge in [-0.2, -0.15) is 0 Å². The molecule has 2 aromatic carbocycles. The Morgan fingerprint density at radius 1 is 0.962 bits per heavy atom. The first-order valence-electron chi connectivity index (χ1n) is 7.37. The standard InChI is InChI=1S/C19H13F2NO3.Na.H/c1-22-15(11-2-6-13(20)7-3-11)10-16(23)17(19(24)25)18(22)12-4-8-14(21)9-5-12;;/h2-10H,1H3,(H,24,25);;/q;+1;-1. The minimum atomic E-state index is -1.37. The molecule has 0 saturated carbocycles. The fourth-order valence-electron chi connectivity index (χ4n) is 2.75. The van der Waals surface area contributed by atoms with Crippen molar-refractivity contribution in [2.24, 2.45) is 7.05 Å². The fraction of sp³-hybridized carbons (Fsp3) is 0.0526. The van der Waals surface area contributed by atoms with Gasteiger partial charge in [-0.05, 0) is 59.7 Å². The Kier molecular flexibility index (Phi) is 6.13. The summed E-state index contributed by atoms with van der Waals surface area (Å²) in [4.78, 5) is 24.0. The van der Waals surface area contributed by atoms with Crippen molar-refractivity contribution in [3.63, 3.8) is 0 Å². The van der Waals surface area contributed by atoms with Crippen LogP contribution in [0.15, 0.2) is 59.4 Å². The molecule has 1 heterocycles. The van der Waals surface area contributed by atoms with Crippen LogP contribution in [-0.2, 0) is 7.05 Å². The topological polar surface area (TPSA) is 59.3 Å². The van der Waals surface area contributed by atoms with Gasteiger partial charge in [-0.1, -0.05) is 0 Å². The second-order valence-electron chi connectivity index (χ2n) is 5.50. The van der Waals surface area contributed by atoms with E-state index < -0.39 is 28.6 Å².